The van der Waals surface area contributed by atoms with Gasteiger partial charge in [0, 0.05) is 12.1 Å². The summed E-state index contributed by atoms with van der Waals surface area (Å²) in [5.74, 6) is -1.10. The van der Waals surface area contributed by atoms with Gasteiger partial charge in [-0.3, -0.25) is 0 Å². The number of urea groups is 1. The molecule has 0 saturated heterocycles. The normalized spacial score (nSPS) is 13.6. The molecule has 0 aliphatic carbocycles. The highest BCUT2D eigenvalue weighted by molar-refractivity contribution is 7.88. The molecule has 0 aliphatic heterocycles. The molecule has 0 fully saturated rings. The molecule has 0 aromatic carbocycles. The molecule has 0 aromatic rings. The van der Waals surface area contributed by atoms with E-state index in [0.29, 0.717) is 12.8 Å². The van der Waals surface area contributed by atoms with Gasteiger partial charge in [0.15, 0.2) is 0 Å². The molecule has 9 heteroatoms. The van der Waals surface area contributed by atoms with Crippen LogP contribution in [0.15, 0.2) is 0 Å². The molecule has 1 unspecified atom stereocenters. The highest BCUT2D eigenvalue weighted by Crippen LogP contribution is 2.02. The van der Waals surface area contributed by atoms with E-state index in [1.165, 1.54) is 0 Å². The molecule has 0 bridgehead atoms. The maximum absolute atomic E-state index is 11.6. The molecule has 118 valence electrons. The lowest BCUT2D eigenvalue weighted by Gasteiger charge is -2.25. The Balaban J connectivity index is 4.37. The first-order chi connectivity index (χ1) is 8.97. The third-order valence-corrected chi connectivity index (χ3v) is 3.26. The summed E-state index contributed by atoms with van der Waals surface area (Å²) in [6, 6.07) is -1.60. The number of carbonyl (C=O) groups is 2. The molecule has 0 aromatic heterocycles. The molecule has 8 nitrogen and oxygen atoms in total. The minimum atomic E-state index is -3.39. The lowest BCUT2D eigenvalue weighted by Crippen LogP contribution is -2.54. The second-order valence-electron chi connectivity index (χ2n) is 5.26. The molecule has 0 heterocycles. The average molecular weight is 309 g/mol. The van der Waals surface area contributed by atoms with E-state index < -0.39 is 33.6 Å². The summed E-state index contributed by atoms with van der Waals surface area (Å²) in [4.78, 5) is 22.5. The van der Waals surface area contributed by atoms with Gasteiger partial charge in [-0.25, -0.2) is 22.7 Å². The predicted molar refractivity (Wildman–Crippen MR) is 74.9 cm³/mol. The van der Waals surface area contributed by atoms with Crippen molar-refractivity contribution in [3.05, 3.63) is 0 Å². The predicted octanol–water partition coefficient (Wildman–Crippen LogP) is -0.133. The minimum Gasteiger partial charge on any atom is -0.480 e. The fourth-order valence-electron chi connectivity index (χ4n) is 1.59. The Hall–Kier alpha value is -1.35. The van der Waals surface area contributed by atoms with Gasteiger partial charge in [0.2, 0.25) is 10.0 Å². The molecule has 20 heavy (non-hydrogen) atoms. The van der Waals surface area contributed by atoms with Gasteiger partial charge in [0.1, 0.15) is 6.04 Å². The number of nitrogens with one attached hydrogen (secondary N) is 3. The average Bonchev–Trinajstić information content (AvgIpc) is 2.22. The highest BCUT2D eigenvalue weighted by atomic mass is 32.2. The van der Waals surface area contributed by atoms with Gasteiger partial charge in [0.25, 0.3) is 0 Å². The van der Waals surface area contributed by atoms with Crippen LogP contribution in [0.25, 0.3) is 0 Å². The van der Waals surface area contributed by atoms with Crippen molar-refractivity contribution < 1.29 is 23.1 Å². The third-order valence-electron chi connectivity index (χ3n) is 2.33. The highest BCUT2D eigenvalue weighted by Gasteiger charge is 2.24. The molecule has 0 saturated carbocycles. The topological polar surface area (TPSA) is 125 Å². The van der Waals surface area contributed by atoms with Crippen LogP contribution in [-0.2, 0) is 14.8 Å². The van der Waals surface area contributed by atoms with Gasteiger partial charge in [-0.05, 0) is 20.3 Å². The van der Waals surface area contributed by atoms with Crippen LogP contribution >= 0.6 is 0 Å². The SMILES string of the molecule is CCCC(NC(=O)NCC(C)(C)NS(C)(=O)=O)C(=O)O. The Labute approximate surface area is 119 Å². The van der Waals surface area contributed by atoms with Gasteiger partial charge >= 0.3 is 12.0 Å². The first-order valence-corrected chi connectivity index (χ1v) is 8.12. The molecular weight excluding hydrogens is 286 g/mol. The summed E-state index contributed by atoms with van der Waals surface area (Å²) < 4.78 is 24.6. The van der Waals surface area contributed by atoms with Crippen LogP contribution in [0.4, 0.5) is 4.79 Å². The molecule has 0 radical (unpaired) electrons. The van der Waals surface area contributed by atoms with Gasteiger partial charge in [-0.2, -0.15) is 0 Å². The van der Waals surface area contributed by atoms with Crippen molar-refractivity contribution in [2.45, 2.75) is 45.2 Å². The van der Waals surface area contributed by atoms with Crippen molar-refractivity contribution in [1.82, 2.24) is 15.4 Å². The largest absolute Gasteiger partial charge is 0.480 e. The maximum atomic E-state index is 11.6. The van der Waals surface area contributed by atoms with E-state index in [1.807, 2.05) is 6.92 Å². The van der Waals surface area contributed by atoms with E-state index in [0.717, 1.165) is 6.26 Å². The first kappa shape index (κ1) is 18.7. The number of carboxylic acids is 1. The third kappa shape index (κ3) is 8.70. The Kier molecular flexibility index (Phi) is 6.94. The van der Waals surface area contributed by atoms with Crippen LogP contribution in [0.2, 0.25) is 0 Å². The molecule has 4 N–H and O–H groups in total. The summed E-state index contributed by atoms with van der Waals surface area (Å²) >= 11 is 0. The number of carbonyl (C=O) groups excluding carboxylic acids is 1. The van der Waals surface area contributed by atoms with Gasteiger partial charge in [-0.1, -0.05) is 13.3 Å². The number of amides is 2. The van der Waals surface area contributed by atoms with Crippen LogP contribution in [0.5, 0.6) is 0 Å². The Morgan fingerprint density at radius 2 is 1.85 bits per heavy atom. The zero-order valence-electron chi connectivity index (χ0n) is 12.2. The Morgan fingerprint density at radius 3 is 2.25 bits per heavy atom. The summed E-state index contributed by atoms with van der Waals surface area (Å²) in [6.45, 7) is 5.06. The van der Waals surface area contributed by atoms with Crippen LogP contribution in [0, 0.1) is 0 Å². The number of aliphatic carboxylic acids is 1. The van der Waals surface area contributed by atoms with Crippen LogP contribution in [0.3, 0.4) is 0 Å². The zero-order valence-corrected chi connectivity index (χ0v) is 13.0. The van der Waals surface area contributed by atoms with Crippen molar-refractivity contribution in [1.29, 1.82) is 0 Å². The number of rotatable bonds is 8. The van der Waals surface area contributed by atoms with Crippen molar-refractivity contribution in [2.24, 2.45) is 0 Å². The Morgan fingerprint density at radius 1 is 1.30 bits per heavy atom. The van der Waals surface area contributed by atoms with Crippen molar-refractivity contribution in [3.63, 3.8) is 0 Å². The van der Waals surface area contributed by atoms with Crippen LogP contribution in [0.1, 0.15) is 33.6 Å². The van der Waals surface area contributed by atoms with E-state index in [9.17, 15) is 18.0 Å². The number of hydrogen-bond acceptors (Lipinski definition) is 4. The van der Waals surface area contributed by atoms with Gasteiger partial charge in [-0.15, -0.1) is 0 Å². The molecule has 0 spiro atoms. The Bertz CT molecular complexity index is 447. The first-order valence-electron chi connectivity index (χ1n) is 6.23. The van der Waals surface area contributed by atoms with Gasteiger partial charge in [0.05, 0.1) is 6.26 Å². The quantitative estimate of drug-likeness (QED) is 0.497. The van der Waals surface area contributed by atoms with Gasteiger partial charge < -0.3 is 15.7 Å². The molecule has 2 amide bonds. The summed E-state index contributed by atoms with van der Waals surface area (Å²) in [5.41, 5.74) is -0.867. The van der Waals surface area contributed by atoms with Crippen molar-refractivity contribution in [2.75, 3.05) is 12.8 Å². The molecule has 1 atom stereocenters. The molecular formula is C11H23N3O5S. The van der Waals surface area contributed by atoms with E-state index in [1.54, 1.807) is 13.8 Å². The second-order valence-corrected chi connectivity index (χ2v) is 7.01. The minimum absolute atomic E-state index is 0.0321. The standard InChI is InChI=1S/C11H23N3O5S/c1-5-6-8(9(15)16)13-10(17)12-7-11(2,3)14-20(4,18)19/h8,14H,5-7H2,1-4H3,(H,15,16)(H2,12,13,17). The molecule has 0 aliphatic rings. The summed E-state index contributed by atoms with van der Waals surface area (Å²) in [7, 11) is -3.39. The smallest absolute Gasteiger partial charge is 0.326 e. The van der Waals surface area contributed by atoms with Crippen LogP contribution < -0.4 is 15.4 Å². The lowest BCUT2D eigenvalue weighted by atomic mass is 10.1. The monoisotopic (exact) mass is 309 g/mol. The van der Waals surface area contributed by atoms with Crippen LogP contribution in [-0.4, -0.2) is 49.9 Å². The number of sulfonamides is 1. The van der Waals surface area contributed by atoms with E-state index >= 15 is 0 Å². The fourth-order valence-corrected chi connectivity index (χ4v) is 2.67. The van der Waals surface area contributed by atoms with E-state index in [-0.39, 0.29) is 6.54 Å². The second kappa shape index (κ2) is 7.44. The zero-order chi connectivity index (χ0) is 16.0. The van der Waals surface area contributed by atoms with Crippen molar-refractivity contribution in [3.8, 4) is 0 Å². The van der Waals surface area contributed by atoms with Crippen molar-refractivity contribution >= 4 is 22.0 Å². The number of carboxylic acid groups (broad SMARTS) is 1. The fraction of sp³-hybridized carbons (Fsp3) is 0.818. The lowest BCUT2D eigenvalue weighted by molar-refractivity contribution is -0.139. The van der Waals surface area contributed by atoms with E-state index in [2.05, 4.69) is 15.4 Å². The molecule has 0 rings (SSSR count). The maximum Gasteiger partial charge on any atom is 0.326 e. The summed E-state index contributed by atoms with van der Waals surface area (Å²) in [6.07, 6.45) is 1.97. The summed E-state index contributed by atoms with van der Waals surface area (Å²) in [5, 5.41) is 13.7. The number of hydrogen-bond donors (Lipinski definition) is 4. The van der Waals surface area contributed by atoms with E-state index in [4.69, 9.17) is 5.11 Å².